The molecule has 0 spiro atoms. The highest BCUT2D eigenvalue weighted by Gasteiger charge is 2.08. The van der Waals surface area contributed by atoms with Crippen molar-refractivity contribution in [2.45, 2.75) is 32.4 Å². The minimum Gasteiger partial charge on any atom is -0.299 e. The van der Waals surface area contributed by atoms with Crippen LogP contribution in [0.3, 0.4) is 0 Å². The highest BCUT2D eigenvalue weighted by molar-refractivity contribution is 5.05. The minimum atomic E-state index is -0.327. The Balaban J connectivity index is 2.90. The van der Waals surface area contributed by atoms with Crippen molar-refractivity contribution >= 4 is 0 Å². The first kappa shape index (κ1) is 14.3. The molecule has 18 heavy (non-hydrogen) atoms. The lowest BCUT2D eigenvalue weighted by atomic mass is 10.2. The average molecular weight is 249 g/mol. The standard InChI is InChI=1S/C13H19N3O2/c1-5-7-10(6-2)14-9-11-8-12(17)16(4)13(18)15(11)3/h2,8,10,14H,5,7,9H2,1,3-4H3. The topological polar surface area (TPSA) is 56.0 Å². The number of rotatable bonds is 5. The van der Waals surface area contributed by atoms with Crippen LogP contribution in [0.2, 0.25) is 0 Å². The van der Waals surface area contributed by atoms with Crippen LogP contribution in [0.5, 0.6) is 0 Å². The Kier molecular flexibility index (Phi) is 4.93. The SMILES string of the molecule is C#CC(CCC)NCc1cc(=O)n(C)c(=O)n1C. The van der Waals surface area contributed by atoms with Crippen molar-refractivity contribution in [2.75, 3.05) is 0 Å². The van der Waals surface area contributed by atoms with Gasteiger partial charge >= 0.3 is 5.69 Å². The smallest absolute Gasteiger partial charge is 0.299 e. The number of terminal acetylenes is 1. The quantitative estimate of drug-likeness (QED) is 0.746. The van der Waals surface area contributed by atoms with E-state index in [9.17, 15) is 9.59 Å². The van der Waals surface area contributed by atoms with Gasteiger partial charge in [-0.1, -0.05) is 19.3 Å². The van der Waals surface area contributed by atoms with Crippen LogP contribution in [0.4, 0.5) is 0 Å². The maximum Gasteiger partial charge on any atom is 0.330 e. The van der Waals surface area contributed by atoms with E-state index in [2.05, 4.69) is 18.2 Å². The van der Waals surface area contributed by atoms with Crippen molar-refractivity contribution in [1.82, 2.24) is 14.5 Å². The molecule has 1 aromatic rings. The first-order valence-electron chi connectivity index (χ1n) is 5.96. The summed E-state index contributed by atoms with van der Waals surface area (Å²) in [4.78, 5) is 23.2. The Morgan fingerprint density at radius 1 is 1.39 bits per heavy atom. The summed E-state index contributed by atoms with van der Waals surface area (Å²) < 4.78 is 2.53. The van der Waals surface area contributed by atoms with E-state index < -0.39 is 0 Å². The van der Waals surface area contributed by atoms with Gasteiger partial charge in [0.25, 0.3) is 5.56 Å². The van der Waals surface area contributed by atoms with Gasteiger partial charge in [-0.05, 0) is 6.42 Å². The van der Waals surface area contributed by atoms with Gasteiger partial charge < -0.3 is 0 Å². The minimum absolute atomic E-state index is 0.0332. The number of aromatic nitrogens is 2. The lowest BCUT2D eigenvalue weighted by Crippen LogP contribution is -2.39. The van der Waals surface area contributed by atoms with Crippen molar-refractivity contribution in [3.05, 3.63) is 32.6 Å². The fourth-order valence-electron chi connectivity index (χ4n) is 1.71. The number of nitrogens with one attached hydrogen (secondary N) is 1. The Bertz CT molecular complexity index is 563. The van der Waals surface area contributed by atoms with Crippen molar-refractivity contribution < 1.29 is 0 Å². The summed E-state index contributed by atoms with van der Waals surface area (Å²) in [6, 6.07) is 1.42. The van der Waals surface area contributed by atoms with Gasteiger partial charge in [-0.15, -0.1) is 6.42 Å². The van der Waals surface area contributed by atoms with E-state index in [1.807, 2.05) is 0 Å². The van der Waals surface area contributed by atoms with Gasteiger partial charge in [-0.25, -0.2) is 4.79 Å². The molecule has 1 N–H and O–H groups in total. The van der Waals surface area contributed by atoms with Crippen molar-refractivity contribution in [3.8, 4) is 12.3 Å². The van der Waals surface area contributed by atoms with Gasteiger partial charge in [-0.3, -0.25) is 19.2 Å². The summed E-state index contributed by atoms with van der Waals surface area (Å²) in [7, 11) is 3.10. The maximum atomic E-state index is 11.7. The second-order valence-corrected chi connectivity index (χ2v) is 4.26. The number of hydrogen-bond donors (Lipinski definition) is 1. The molecule has 5 nitrogen and oxygen atoms in total. The monoisotopic (exact) mass is 249 g/mol. The van der Waals surface area contributed by atoms with Crippen molar-refractivity contribution in [2.24, 2.45) is 14.1 Å². The normalized spacial score (nSPS) is 12.1. The van der Waals surface area contributed by atoms with Crippen LogP contribution in [0.1, 0.15) is 25.5 Å². The second-order valence-electron chi connectivity index (χ2n) is 4.26. The zero-order valence-corrected chi connectivity index (χ0v) is 11.1. The largest absolute Gasteiger partial charge is 0.330 e. The summed E-state index contributed by atoms with van der Waals surface area (Å²) in [5.41, 5.74) is 0.00847. The summed E-state index contributed by atoms with van der Waals surface area (Å²) in [5, 5.41) is 3.16. The van der Waals surface area contributed by atoms with Crippen LogP contribution in [-0.4, -0.2) is 15.2 Å². The van der Waals surface area contributed by atoms with E-state index in [1.165, 1.54) is 17.7 Å². The van der Waals surface area contributed by atoms with E-state index in [4.69, 9.17) is 6.42 Å². The summed E-state index contributed by atoms with van der Waals surface area (Å²) >= 11 is 0. The van der Waals surface area contributed by atoms with Crippen LogP contribution in [0.25, 0.3) is 0 Å². The highest BCUT2D eigenvalue weighted by atomic mass is 16.2. The van der Waals surface area contributed by atoms with E-state index in [0.717, 1.165) is 17.4 Å². The predicted molar refractivity (Wildman–Crippen MR) is 71.3 cm³/mol. The summed E-state index contributed by atoms with van der Waals surface area (Å²) in [5.74, 6) is 2.65. The molecule has 0 aliphatic heterocycles. The van der Waals surface area contributed by atoms with Crippen molar-refractivity contribution in [3.63, 3.8) is 0 Å². The fourth-order valence-corrected chi connectivity index (χ4v) is 1.71. The van der Waals surface area contributed by atoms with Gasteiger partial charge in [0, 0.05) is 32.4 Å². The maximum absolute atomic E-state index is 11.7. The molecule has 0 fully saturated rings. The highest BCUT2D eigenvalue weighted by Crippen LogP contribution is 1.97. The molecule has 98 valence electrons. The van der Waals surface area contributed by atoms with Gasteiger partial charge in [0.2, 0.25) is 0 Å². The predicted octanol–water partition coefficient (Wildman–Crippen LogP) is -0.0245. The van der Waals surface area contributed by atoms with E-state index >= 15 is 0 Å². The first-order chi connectivity index (χ1) is 8.51. The molecule has 1 aromatic heterocycles. The Hall–Kier alpha value is -1.80. The number of nitrogens with zero attached hydrogens (tertiary/aromatic N) is 2. The molecule has 0 saturated heterocycles. The van der Waals surface area contributed by atoms with Crippen molar-refractivity contribution in [1.29, 1.82) is 0 Å². The van der Waals surface area contributed by atoms with Crippen LogP contribution >= 0.6 is 0 Å². The Morgan fingerprint density at radius 2 is 2.06 bits per heavy atom. The van der Waals surface area contributed by atoms with Crippen LogP contribution < -0.4 is 16.6 Å². The van der Waals surface area contributed by atoms with Crippen LogP contribution in [-0.2, 0) is 20.6 Å². The lowest BCUT2D eigenvalue weighted by molar-refractivity contribution is 0.535. The summed E-state index contributed by atoms with van der Waals surface area (Å²) in [6.45, 7) is 2.47. The molecule has 0 aromatic carbocycles. The Morgan fingerprint density at radius 3 is 2.61 bits per heavy atom. The van der Waals surface area contributed by atoms with Gasteiger partial charge in [-0.2, -0.15) is 0 Å². The fraction of sp³-hybridized carbons (Fsp3) is 0.538. The van der Waals surface area contributed by atoms with E-state index in [0.29, 0.717) is 12.2 Å². The molecule has 1 rings (SSSR count). The molecule has 0 saturated carbocycles. The molecule has 0 aliphatic carbocycles. The molecule has 1 unspecified atom stereocenters. The van der Waals surface area contributed by atoms with Crippen LogP contribution in [0, 0.1) is 12.3 Å². The molecule has 1 atom stereocenters. The molecule has 0 radical (unpaired) electrons. The van der Waals surface area contributed by atoms with Gasteiger partial charge in [0.15, 0.2) is 0 Å². The molecule has 0 bridgehead atoms. The van der Waals surface area contributed by atoms with Gasteiger partial charge in [0.05, 0.1) is 6.04 Å². The average Bonchev–Trinajstić information content (AvgIpc) is 2.37. The zero-order chi connectivity index (χ0) is 13.7. The van der Waals surface area contributed by atoms with Gasteiger partial charge in [0.1, 0.15) is 0 Å². The van der Waals surface area contributed by atoms with Crippen LogP contribution in [0.15, 0.2) is 15.7 Å². The third-order valence-corrected chi connectivity index (χ3v) is 2.93. The van der Waals surface area contributed by atoms with E-state index in [1.54, 1.807) is 7.05 Å². The lowest BCUT2D eigenvalue weighted by Gasteiger charge is -2.14. The molecule has 1 heterocycles. The molecular weight excluding hydrogens is 230 g/mol. The Labute approximate surface area is 106 Å². The van der Waals surface area contributed by atoms with E-state index in [-0.39, 0.29) is 17.3 Å². The molecule has 0 aliphatic rings. The number of hydrogen-bond acceptors (Lipinski definition) is 3. The molecule has 5 heteroatoms. The third-order valence-electron chi connectivity index (χ3n) is 2.93. The summed E-state index contributed by atoms with van der Waals surface area (Å²) in [6.07, 6.45) is 7.25. The third kappa shape index (κ3) is 3.11. The molecule has 0 amide bonds. The molecular formula is C13H19N3O2. The second kappa shape index (κ2) is 6.22. The zero-order valence-electron chi connectivity index (χ0n) is 11.1. The first-order valence-corrected chi connectivity index (χ1v) is 5.96.